The molecule has 4 rings (SSSR count). The average molecular weight is 319 g/mol. The van der Waals surface area contributed by atoms with Crippen LogP contribution in [0.1, 0.15) is 5.56 Å². The summed E-state index contributed by atoms with van der Waals surface area (Å²) in [5.41, 5.74) is 5.13. The van der Waals surface area contributed by atoms with Gasteiger partial charge in [-0.2, -0.15) is 0 Å². The molecule has 0 spiro atoms. The van der Waals surface area contributed by atoms with E-state index in [0.717, 1.165) is 28.0 Å². The SMILES string of the molecule is Fc1cccc(NCc2ccc(-c3ncnc4nc[nH]c34)cc2)c1. The first kappa shape index (κ1) is 14.3. The van der Waals surface area contributed by atoms with E-state index in [0.29, 0.717) is 12.2 Å². The van der Waals surface area contributed by atoms with Gasteiger partial charge in [-0.3, -0.25) is 0 Å². The number of hydrogen-bond acceptors (Lipinski definition) is 4. The molecule has 0 bridgehead atoms. The van der Waals surface area contributed by atoms with Crippen molar-refractivity contribution in [1.29, 1.82) is 0 Å². The minimum absolute atomic E-state index is 0.248. The lowest BCUT2D eigenvalue weighted by atomic mass is 10.1. The number of nitrogens with zero attached hydrogens (tertiary/aromatic N) is 3. The Hall–Kier alpha value is -3.28. The topological polar surface area (TPSA) is 66.5 Å². The van der Waals surface area contributed by atoms with Crippen molar-refractivity contribution in [3.63, 3.8) is 0 Å². The van der Waals surface area contributed by atoms with Gasteiger partial charge in [-0.05, 0) is 23.8 Å². The molecule has 118 valence electrons. The van der Waals surface area contributed by atoms with Crippen LogP contribution in [0.3, 0.4) is 0 Å². The maximum Gasteiger partial charge on any atom is 0.181 e. The molecule has 0 saturated carbocycles. The number of fused-ring (bicyclic) bond motifs is 1. The number of aromatic nitrogens is 4. The Morgan fingerprint density at radius 1 is 1.00 bits per heavy atom. The highest BCUT2D eigenvalue weighted by Crippen LogP contribution is 2.23. The average Bonchev–Trinajstić information content (AvgIpc) is 3.09. The van der Waals surface area contributed by atoms with E-state index in [1.54, 1.807) is 12.4 Å². The lowest BCUT2D eigenvalue weighted by molar-refractivity contribution is 0.628. The van der Waals surface area contributed by atoms with Gasteiger partial charge < -0.3 is 10.3 Å². The van der Waals surface area contributed by atoms with Crippen molar-refractivity contribution in [2.45, 2.75) is 6.54 Å². The van der Waals surface area contributed by atoms with Gasteiger partial charge in [-0.1, -0.05) is 30.3 Å². The van der Waals surface area contributed by atoms with Crippen LogP contribution >= 0.6 is 0 Å². The predicted molar refractivity (Wildman–Crippen MR) is 90.8 cm³/mol. The number of benzene rings is 2. The van der Waals surface area contributed by atoms with Gasteiger partial charge >= 0.3 is 0 Å². The molecule has 0 aliphatic carbocycles. The summed E-state index contributed by atoms with van der Waals surface area (Å²) < 4.78 is 13.2. The molecule has 0 amide bonds. The molecule has 0 aliphatic heterocycles. The summed E-state index contributed by atoms with van der Waals surface area (Å²) in [6.07, 6.45) is 3.12. The van der Waals surface area contributed by atoms with E-state index >= 15 is 0 Å². The monoisotopic (exact) mass is 319 g/mol. The van der Waals surface area contributed by atoms with Crippen molar-refractivity contribution >= 4 is 16.9 Å². The zero-order valence-corrected chi connectivity index (χ0v) is 12.7. The molecule has 0 radical (unpaired) electrons. The summed E-state index contributed by atoms with van der Waals surface area (Å²) in [6, 6.07) is 14.5. The van der Waals surface area contributed by atoms with Crippen LogP contribution in [0.2, 0.25) is 0 Å². The Morgan fingerprint density at radius 2 is 1.88 bits per heavy atom. The molecule has 2 N–H and O–H groups in total. The number of halogens is 1. The zero-order chi connectivity index (χ0) is 16.4. The highest BCUT2D eigenvalue weighted by Gasteiger charge is 2.08. The zero-order valence-electron chi connectivity index (χ0n) is 12.7. The molecule has 0 fully saturated rings. The number of anilines is 1. The third kappa shape index (κ3) is 2.81. The largest absolute Gasteiger partial charge is 0.381 e. The second kappa shape index (κ2) is 6.08. The molecule has 24 heavy (non-hydrogen) atoms. The maximum absolute atomic E-state index is 13.2. The molecular formula is C18H14FN5. The standard InChI is InChI=1S/C18H14FN5/c19-14-2-1-3-15(8-14)20-9-12-4-6-13(7-5-12)16-17-18(23-10-21-16)24-11-22-17/h1-8,10-11,20H,9H2,(H,21,22,23,24). The third-order valence-corrected chi connectivity index (χ3v) is 3.77. The van der Waals surface area contributed by atoms with Crippen molar-refractivity contribution < 1.29 is 4.39 Å². The Morgan fingerprint density at radius 3 is 2.71 bits per heavy atom. The number of aromatic amines is 1. The molecule has 5 nitrogen and oxygen atoms in total. The number of hydrogen-bond donors (Lipinski definition) is 2. The van der Waals surface area contributed by atoms with Gasteiger partial charge in [0.15, 0.2) is 5.65 Å². The summed E-state index contributed by atoms with van der Waals surface area (Å²) >= 11 is 0. The fourth-order valence-electron chi connectivity index (χ4n) is 2.57. The summed E-state index contributed by atoms with van der Waals surface area (Å²) in [4.78, 5) is 15.7. The number of rotatable bonds is 4. The molecule has 0 atom stereocenters. The number of imidazole rings is 1. The van der Waals surface area contributed by atoms with E-state index in [9.17, 15) is 4.39 Å². The third-order valence-electron chi connectivity index (χ3n) is 3.77. The van der Waals surface area contributed by atoms with Crippen molar-refractivity contribution in [3.05, 3.63) is 72.6 Å². The van der Waals surface area contributed by atoms with E-state index in [2.05, 4.69) is 25.3 Å². The van der Waals surface area contributed by atoms with Gasteiger partial charge in [0.25, 0.3) is 0 Å². The van der Waals surface area contributed by atoms with Crippen LogP contribution in [-0.4, -0.2) is 19.9 Å². The fraction of sp³-hybridized carbons (Fsp3) is 0.0556. The number of nitrogens with one attached hydrogen (secondary N) is 2. The quantitative estimate of drug-likeness (QED) is 0.601. The molecular weight excluding hydrogens is 305 g/mol. The van der Waals surface area contributed by atoms with Crippen LogP contribution < -0.4 is 5.32 Å². The molecule has 4 aromatic rings. The second-order valence-corrected chi connectivity index (χ2v) is 5.38. The van der Waals surface area contributed by atoms with Crippen LogP contribution in [0.4, 0.5) is 10.1 Å². The highest BCUT2D eigenvalue weighted by molar-refractivity contribution is 5.86. The molecule has 6 heteroatoms. The molecule has 2 aromatic heterocycles. The van der Waals surface area contributed by atoms with Gasteiger partial charge in [-0.15, -0.1) is 0 Å². The van der Waals surface area contributed by atoms with Gasteiger partial charge in [0.1, 0.15) is 17.7 Å². The van der Waals surface area contributed by atoms with Crippen molar-refractivity contribution in [1.82, 2.24) is 19.9 Å². The van der Waals surface area contributed by atoms with Crippen LogP contribution in [0.25, 0.3) is 22.4 Å². The molecule has 0 aliphatic rings. The van der Waals surface area contributed by atoms with Gasteiger partial charge in [0.2, 0.25) is 0 Å². The lowest BCUT2D eigenvalue weighted by Crippen LogP contribution is -1.99. The smallest absolute Gasteiger partial charge is 0.181 e. The minimum Gasteiger partial charge on any atom is -0.381 e. The van der Waals surface area contributed by atoms with E-state index in [1.165, 1.54) is 18.5 Å². The molecule has 0 saturated heterocycles. The van der Waals surface area contributed by atoms with Crippen molar-refractivity contribution in [3.8, 4) is 11.3 Å². The Balaban J connectivity index is 1.53. The van der Waals surface area contributed by atoms with Crippen LogP contribution in [0.15, 0.2) is 61.2 Å². The Bertz CT molecular complexity index is 978. The van der Waals surface area contributed by atoms with E-state index in [1.807, 2.05) is 30.3 Å². The highest BCUT2D eigenvalue weighted by atomic mass is 19.1. The summed E-state index contributed by atoms with van der Waals surface area (Å²) in [6.45, 7) is 0.618. The first-order valence-electron chi connectivity index (χ1n) is 7.52. The molecule has 2 aromatic carbocycles. The van der Waals surface area contributed by atoms with E-state index < -0.39 is 0 Å². The first-order chi connectivity index (χ1) is 11.8. The molecule has 2 heterocycles. The minimum atomic E-state index is -0.248. The fourth-order valence-corrected chi connectivity index (χ4v) is 2.57. The lowest BCUT2D eigenvalue weighted by Gasteiger charge is -2.08. The maximum atomic E-state index is 13.2. The molecule has 0 unspecified atom stereocenters. The summed E-state index contributed by atoms with van der Waals surface area (Å²) in [5.74, 6) is -0.248. The van der Waals surface area contributed by atoms with E-state index in [4.69, 9.17) is 0 Å². The normalized spacial score (nSPS) is 10.9. The van der Waals surface area contributed by atoms with Gasteiger partial charge in [0, 0.05) is 17.8 Å². The predicted octanol–water partition coefficient (Wildman–Crippen LogP) is 3.77. The van der Waals surface area contributed by atoms with Gasteiger partial charge in [0.05, 0.1) is 12.0 Å². The van der Waals surface area contributed by atoms with Crippen molar-refractivity contribution in [2.24, 2.45) is 0 Å². The van der Waals surface area contributed by atoms with E-state index in [-0.39, 0.29) is 5.82 Å². The Labute approximate surface area is 137 Å². The van der Waals surface area contributed by atoms with Crippen molar-refractivity contribution in [2.75, 3.05) is 5.32 Å². The second-order valence-electron chi connectivity index (χ2n) is 5.38. The Kier molecular flexibility index (Phi) is 3.63. The number of H-pyrrole nitrogens is 1. The summed E-state index contributed by atoms with van der Waals surface area (Å²) in [7, 11) is 0. The first-order valence-corrected chi connectivity index (χ1v) is 7.52. The van der Waals surface area contributed by atoms with Crippen LogP contribution in [0.5, 0.6) is 0 Å². The van der Waals surface area contributed by atoms with Crippen LogP contribution in [-0.2, 0) is 6.54 Å². The summed E-state index contributed by atoms with van der Waals surface area (Å²) in [5, 5.41) is 3.20. The van der Waals surface area contributed by atoms with Gasteiger partial charge in [-0.25, -0.2) is 19.3 Å². The van der Waals surface area contributed by atoms with Crippen LogP contribution in [0, 0.1) is 5.82 Å².